The maximum atomic E-state index is 11.7. The third-order valence-electron chi connectivity index (χ3n) is 4.77. The highest BCUT2D eigenvalue weighted by atomic mass is 16.5. The van der Waals surface area contributed by atoms with Gasteiger partial charge in [-0.05, 0) is 24.8 Å². The molecule has 0 amide bonds. The molecule has 0 bridgehead atoms. The van der Waals surface area contributed by atoms with Crippen molar-refractivity contribution in [2.24, 2.45) is 0 Å². The van der Waals surface area contributed by atoms with Gasteiger partial charge in [0.25, 0.3) is 0 Å². The van der Waals surface area contributed by atoms with Crippen LogP contribution in [0.5, 0.6) is 0 Å². The molecule has 0 aliphatic rings. The summed E-state index contributed by atoms with van der Waals surface area (Å²) in [4.78, 5) is 23.4. The number of hydrogen-bond acceptors (Lipinski definition) is 4. The van der Waals surface area contributed by atoms with E-state index in [1.54, 1.807) is 0 Å². The Hall–Kier alpha value is -1.84. The van der Waals surface area contributed by atoms with Crippen LogP contribution in [0.1, 0.15) is 89.5 Å². The summed E-state index contributed by atoms with van der Waals surface area (Å²) in [5.74, 6) is -0.344. The zero-order valence-corrected chi connectivity index (χ0v) is 17.6. The number of esters is 2. The van der Waals surface area contributed by atoms with Crippen molar-refractivity contribution in [2.45, 2.75) is 90.4 Å². The van der Waals surface area contributed by atoms with Crippen LogP contribution in [-0.2, 0) is 25.5 Å². The molecule has 28 heavy (non-hydrogen) atoms. The van der Waals surface area contributed by atoms with Crippen LogP contribution in [0.25, 0.3) is 0 Å². The molecule has 1 rings (SSSR count). The largest absolute Gasteiger partial charge is 0.466 e. The Morgan fingerprint density at radius 1 is 0.679 bits per heavy atom. The van der Waals surface area contributed by atoms with Gasteiger partial charge in [-0.2, -0.15) is 0 Å². The number of carbonyl (C=O) groups is 2. The lowest BCUT2D eigenvalue weighted by Crippen LogP contribution is -2.09. The van der Waals surface area contributed by atoms with E-state index in [0.29, 0.717) is 38.9 Å². The highest BCUT2D eigenvalue weighted by Crippen LogP contribution is 2.09. The van der Waals surface area contributed by atoms with Gasteiger partial charge in [-0.25, -0.2) is 0 Å². The Bertz CT molecular complexity index is 513. The Balaban J connectivity index is 1.87. The van der Waals surface area contributed by atoms with Gasteiger partial charge in [-0.3, -0.25) is 9.59 Å². The van der Waals surface area contributed by atoms with Gasteiger partial charge in [-0.1, -0.05) is 82.2 Å². The van der Waals surface area contributed by atoms with E-state index in [2.05, 4.69) is 6.92 Å². The highest BCUT2D eigenvalue weighted by Gasteiger charge is 2.06. The molecule has 0 aliphatic carbocycles. The summed E-state index contributed by atoms with van der Waals surface area (Å²) in [6.07, 6.45) is 12.7. The van der Waals surface area contributed by atoms with Crippen LogP contribution in [0.3, 0.4) is 0 Å². The summed E-state index contributed by atoms with van der Waals surface area (Å²) < 4.78 is 10.5. The molecule has 0 saturated heterocycles. The van der Waals surface area contributed by atoms with Gasteiger partial charge in [0.1, 0.15) is 0 Å². The number of carbonyl (C=O) groups excluding carboxylic acids is 2. The lowest BCUT2D eigenvalue weighted by molar-refractivity contribution is -0.146. The molecule has 0 saturated carbocycles. The zero-order valence-electron chi connectivity index (χ0n) is 17.6. The maximum absolute atomic E-state index is 11.7. The van der Waals surface area contributed by atoms with E-state index in [9.17, 15) is 9.59 Å². The summed E-state index contributed by atoms with van der Waals surface area (Å²) in [6, 6.07) is 9.96. The quantitative estimate of drug-likeness (QED) is 0.241. The molecule has 0 heterocycles. The Morgan fingerprint density at radius 2 is 1.21 bits per heavy atom. The van der Waals surface area contributed by atoms with Crippen LogP contribution in [0, 0.1) is 0 Å². The Morgan fingerprint density at radius 3 is 1.82 bits per heavy atom. The molecule has 158 valence electrons. The van der Waals surface area contributed by atoms with E-state index in [4.69, 9.17) is 9.47 Å². The number of hydrogen-bond donors (Lipinski definition) is 0. The second-order valence-corrected chi connectivity index (χ2v) is 7.36. The van der Waals surface area contributed by atoms with Crippen molar-refractivity contribution in [3.05, 3.63) is 35.9 Å². The maximum Gasteiger partial charge on any atom is 0.305 e. The topological polar surface area (TPSA) is 52.6 Å². The zero-order chi connectivity index (χ0) is 20.3. The van der Waals surface area contributed by atoms with Gasteiger partial charge in [0.05, 0.1) is 13.2 Å². The molecular weight excluding hydrogens is 352 g/mol. The SMILES string of the molecule is CCCCCCCCCCOC(=O)CCCCC(=O)OCCc1ccccc1. The molecule has 0 N–H and O–H groups in total. The first-order valence-electron chi connectivity index (χ1n) is 11.1. The van der Waals surface area contributed by atoms with E-state index in [-0.39, 0.29) is 11.9 Å². The number of rotatable bonds is 17. The Kier molecular flexibility index (Phi) is 14.9. The third kappa shape index (κ3) is 14.2. The molecule has 0 atom stereocenters. The van der Waals surface area contributed by atoms with Gasteiger partial charge in [0.2, 0.25) is 0 Å². The van der Waals surface area contributed by atoms with Crippen molar-refractivity contribution in [3.8, 4) is 0 Å². The molecule has 0 unspecified atom stereocenters. The smallest absolute Gasteiger partial charge is 0.305 e. The van der Waals surface area contributed by atoms with Crippen molar-refractivity contribution in [3.63, 3.8) is 0 Å². The first-order valence-corrected chi connectivity index (χ1v) is 11.1. The predicted molar refractivity (Wildman–Crippen MR) is 113 cm³/mol. The minimum absolute atomic E-state index is 0.152. The van der Waals surface area contributed by atoms with E-state index in [1.165, 1.54) is 38.5 Å². The van der Waals surface area contributed by atoms with E-state index in [1.807, 2.05) is 30.3 Å². The van der Waals surface area contributed by atoms with Crippen LogP contribution in [0.4, 0.5) is 0 Å². The average Bonchev–Trinajstić information content (AvgIpc) is 2.71. The highest BCUT2D eigenvalue weighted by molar-refractivity contribution is 5.70. The first-order chi connectivity index (χ1) is 13.7. The van der Waals surface area contributed by atoms with Crippen LogP contribution in [-0.4, -0.2) is 25.2 Å². The standard InChI is InChI=1S/C24H38O4/c1-2-3-4-5-6-7-8-14-20-27-23(25)17-12-13-18-24(26)28-21-19-22-15-10-9-11-16-22/h9-11,15-16H,2-8,12-14,17-21H2,1H3. The number of benzene rings is 1. The van der Waals surface area contributed by atoms with Crippen molar-refractivity contribution in [2.75, 3.05) is 13.2 Å². The predicted octanol–water partition coefficient (Wildman–Crippen LogP) is 6.02. The second-order valence-electron chi connectivity index (χ2n) is 7.36. The molecule has 4 nitrogen and oxygen atoms in total. The van der Waals surface area contributed by atoms with Crippen molar-refractivity contribution in [1.29, 1.82) is 0 Å². The second kappa shape index (κ2) is 17.3. The molecule has 4 heteroatoms. The molecule has 0 spiro atoms. The van der Waals surface area contributed by atoms with Crippen molar-refractivity contribution in [1.82, 2.24) is 0 Å². The summed E-state index contributed by atoms with van der Waals surface area (Å²) in [7, 11) is 0. The van der Waals surface area contributed by atoms with Gasteiger partial charge >= 0.3 is 11.9 Å². The van der Waals surface area contributed by atoms with Crippen LogP contribution in [0.15, 0.2) is 30.3 Å². The minimum atomic E-state index is -0.191. The van der Waals surface area contributed by atoms with E-state index < -0.39 is 0 Å². The molecule has 0 aliphatic heterocycles. The summed E-state index contributed by atoms with van der Waals surface area (Å²) in [5.41, 5.74) is 1.16. The lowest BCUT2D eigenvalue weighted by atomic mass is 10.1. The van der Waals surface area contributed by atoms with Crippen LogP contribution in [0.2, 0.25) is 0 Å². The van der Waals surface area contributed by atoms with E-state index in [0.717, 1.165) is 24.8 Å². The average molecular weight is 391 g/mol. The minimum Gasteiger partial charge on any atom is -0.466 e. The fraction of sp³-hybridized carbons (Fsp3) is 0.667. The summed E-state index contributed by atoms with van der Waals surface area (Å²) >= 11 is 0. The van der Waals surface area contributed by atoms with Gasteiger partial charge in [0, 0.05) is 19.3 Å². The van der Waals surface area contributed by atoms with Crippen LogP contribution < -0.4 is 0 Å². The third-order valence-corrected chi connectivity index (χ3v) is 4.77. The summed E-state index contributed by atoms with van der Waals surface area (Å²) in [6.45, 7) is 3.16. The summed E-state index contributed by atoms with van der Waals surface area (Å²) in [5, 5.41) is 0. The molecule has 0 aromatic heterocycles. The number of unbranched alkanes of at least 4 members (excludes halogenated alkanes) is 8. The molecule has 1 aromatic rings. The van der Waals surface area contributed by atoms with Gasteiger partial charge in [0.15, 0.2) is 0 Å². The van der Waals surface area contributed by atoms with Crippen molar-refractivity contribution < 1.29 is 19.1 Å². The molecule has 0 fully saturated rings. The fourth-order valence-electron chi connectivity index (χ4n) is 3.03. The van der Waals surface area contributed by atoms with Crippen LogP contribution >= 0.6 is 0 Å². The normalized spacial score (nSPS) is 10.6. The molecule has 1 aromatic carbocycles. The van der Waals surface area contributed by atoms with E-state index >= 15 is 0 Å². The Labute approximate surface area is 171 Å². The number of ether oxygens (including phenoxy) is 2. The fourth-order valence-corrected chi connectivity index (χ4v) is 3.03. The first kappa shape index (κ1) is 24.2. The lowest BCUT2D eigenvalue weighted by Gasteiger charge is -2.06. The monoisotopic (exact) mass is 390 g/mol. The van der Waals surface area contributed by atoms with Gasteiger partial charge in [-0.15, -0.1) is 0 Å². The van der Waals surface area contributed by atoms with Crippen molar-refractivity contribution >= 4 is 11.9 Å². The molecular formula is C24H38O4. The molecule has 0 radical (unpaired) electrons. The van der Waals surface area contributed by atoms with Gasteiger partial charge < -0.3 is 9.47 Å².